The molecule has 1 fully saturated rings. The molecule has 2 rings (SSSR count). The number of benzene rings is 1. The third-order valence-electron chi connectivity index (χ3n) is 2.67. The average Bonchev–Trinajstić information content (AvgIpc) is 2.41. The van der Waals surface area contributed by atoms with E-state index in [-0.39, 0.29) is 29.6 Å². The van der Waals surface area contributed by atoms with Crippen molar-refractivity contribution in [2.75, 3.05) is 0 Å². The number of carboxylic acid groups (broad SMARTS) is 3. The van der Waals surface area contributed by atoms with Gasteiger partial charge in [-0.3, -0.25) is 0 Å². The van der Waals surface area contributed by atoms with E-state index in [9.17, 15) is 4.79 Å². The van der Waals surface area contributed by atoms with E-state index in [1.807, 2.05) is 0 Å². The molecule has 7 heteroatoms. The first-order chi connectivity index (χ1) is 9.43. The summed E-state index contributed by atoms with van der Waals surface area (Å²) in [6.07, 6.45) is 4.83. The first-order valence-corrected chi connectivity index (χ1v) is 6.39. The molecule has 1 aromatic rings. The van der Waals surface area contributed by atoms with Crippen LogP contribution < -0.4 is 5.73 Å². The monoisotopic (exact) mass is 307 g/mol. The van der Waals surface area contributed by atoms with Crippen molar-refractivity contribution in [2.45, 2.75) is 38.1 Å². The van der Waals surface area contributed by atoms with Gasteiger partial charge in [0.25, 0.3) is 0 Å². The van der Waals surface area contributed by atoms with Crippen LogP contribution in [0.5, 0.6) is 0 Å². The van der Waals surface area contributed by atoms with Crippen LogP contribution in [0.15, 0.2) is 30.3 Å². The van der Waals surface area contributed by atoms with Crippen molar-refractivity contribution in [3.8, 4) is 0 Å². The Labute approximate surface area is 146 Å². The van der Waals surface area contributed by atoms with Gasteiger partial charge in [-0.05, 0) is 25.0 Å². The third-order valence-corrected chi connectivity index (χ3v) is 2.67. The zero-order valence-electron chi connectivity index (χ0n) is 11.2. The number of hydrogen-bond donors (Lipinski definition) is 4. The van der Waals surface area contributed by atoms with Gasteiger partial charge in [-0.15, -0.1) is 0 Å². The first-order valence-electron chi connectivity index (χ1n) is 6.39. The van der Waals surface area contributed by atoms with E-state index in [2.05, 4.69) is 0 Å². The van der Waals surface area contributed by atoms with Crippen LogP contribution in [0.25, 0.3) is 0 Å². The van der Waals surface area contributed by atoms with E-state index >= 15 is 0 Å². The molecule has 0 bridgehead atoms. The summed E-state index contributed by atoms with van der Waals surface area (Å²) in [5, 5.41) is 22.3. The van der Waals surface area contributed by atoms with Crippen LogP contribution in [0.2, 0.25) is 0 Å². The molecular weight excluding hydrogens is 285 g/mol. The fourth-order valence-corrected chi connectivity index (χ4v) is 1.71. The molecule has 0 aromatic heterocycles. The molecule has 0 unspecified atom stereocenters. The molecule has 5 N–H and O–H groups in total. The number of hydrogen-bond acceptors (Lipinski definition) is 3. The molecule has 0 radical (unpaired) electrons. The Morgan fingerprint density at radius 2 is 1.38 bits per heavy atom. The minimum absolute atomic E-state index is 0. The standard InChI is InChI=1S/C7H6O2.C6H13N.CH2O3.Na.H/c8-7(9)6-4-2-1-3-5-6;7-6-4-2-1-3-5-6;2-1(3)4;;/h1-5H,(H,8,9);6H,1-5,7H2;(H2,2,3,4);;. The van der Waals surface area contributed by atoms with Gasteiger partial charge in [-0.2, -0.15) is 0 Å². The van der Waals surface area contributed by atoms with Crippen molar-refractivity contribution < 1.29 is 24.9 Å². The van der Waals surface area contributed by atoms with Crippen molar-refractivity contribution in [3.63, 3.8) is 0 Å². The second kappa shape index (κ2) is 13.9. The molecule has 21 heavy (non-hydrogen) atoms. The number of rotatable bonds is 1. The summed E-state index contributed by atoms with van der Waals surface area (Å²) >= 11 is 0. The van der Waals surface area contributed by atoms with Crippen molar-refractivity contribution in [1.82, 2.24) is 0 Å². The summed E-state index contributed by atoms with van der Waals surface area (Å²) in [4.78, 5) is 18.8. The molecule has 114 valence electrons. The average molecular weight is 307 g/mol. The first kappa shape index (κ1) is 22.2. The van der Waals surface area contributed by atoms with Crippen LogP contribution in [0.1, 0.15) is 42.5 Å². The van der Waals surface area contributed by atoms with Crippen LogP contribution in [0, 0.1) is 0 Å². The third kappa shape index (κ3) is 15.1. The summed E-state index contributed by atoms with van der Waals surface area (Å²) in [7, 11) is 0. The van der Waals surface area contributed by atoms with E-state index in [0.29, 0.717) is 11.6 Å². The molecule has 1 aromatic carbocycles. The molecule has 1 saturated carbocycles. The Morgan fingerprint density at radius 3 is 1.62 bits per heavy atom. The molecule has 0 aliphatic heterocycles. The molecule has 0 atom stereocenters. The topological polar surface area (TPSA) is 121 Å². The number of nitrogens with two attached hydrogens (primary N) is 1. The van der Waals surface area contributed by atoms with Crippen molar-refractivity contribution in [3.05, 3.63) is 35.9 Å². The van der Waals surface area contributed by atoms with Gasteiger partial charge in [0.15, 0.2) is 0 Å². The maximum atomic E-state index is 10.2. The number of carboxylic acids is 1. The Balaban J connectivity index is 0. The molecule has 1 aliphatic rings. The van der Waals surface area contributed by atoms with Crippen LogP contribution in [0.4, 0.5) is 4.79 Å². The Kier molecular flexibility index (Phi) is 14.7. The summed E-state index contributed by atoms with van der Waals surface area (Å²) in [6.45, 7) is 0. The Morgan fingerprint density at radius 1 is 0.952 bits per heavy atom. The second-order valence-electron chi connectivity index (χ2n) is 4.35. The molecule has 0 heterocycles. The van der Waals surface area contributed by atoms with Crippen molar-refractivity contribution in [2.24, 2.45) is 5.73 Å². The zero-order chi connectivity index (χ0) is 15.4. The van der Waals surface area contributed by atoms with Crippen molar-refractivity contribution in [1.29, 1.82) is 0 Å². The fraction of sp³-hybridized carbons (Fsp3) is 0.429. The number of aromatic carboxylic acids is 1. The normalized spacial score (nSPS) is 13.4. The molecule has 0 amide bonds. The van der Waals surface area contributed by atoms with E-state index < -0.39 is 12.1 Å². The van der Waals surface area contributed by atoms with E-state index in [4.69, 9.17) is 25.8 Å². The molecule has 1 aliphatic carbocycles. The fourth-order valence-electron chi connectivity index (χ4n) is 1.71. The number of carbonyl (C=O) groups is 2. The zero-order valence-corrected chi connectivity index (χ0v) is 11.2. The Bertz CT molecular complexity index is 390. The van der Waals surface area contributed by atoms with Crippen LogP contribution in [-0.4, -0.2) is 63.0 Å². The quantitative estimate of drug-likeness (QED) is 0.590. The molecule has 0 saturated heterocycles. The summed E-state index contributed by atoms with van der Waals surface area (Å²) in [5.74, 6) is -0.879. The maximum absolute atomic E-state index is 10.2. The van der Waals surface area contributed by atoms with Crippen LogP contribution in [0.3, 0.4) is 0 Å². The summed E-state index contributed by atoms with van der Waals surface area (Å²) < 4.78 is 0. The second-order valence-corrected chi connectivity index (χ2v) is 4.35. The van der Waals surface area contributed by atoms with Gasteiger partial charge in [-0.25, -0.2) is 9.59 Å². The van der Waals surface area contributed by atoms with Gasteiger partial charge < -0.3 is 21.1 Å². The van der Waals surface area contributed by atoms with Gasteiger partial charge in [0.05, 0.1) is 5.56 Å². The van der Waals surface area contributed by atoms with E-state index in [0.717, 1.165) is 0 Å². The summed E-state index contributed by atoms with van der Waals surface area (Å²) in [5.41, 5.74) is 5.97. The van der Waals surface area contributed by atoms with Gasteiger partial charge >= 0.3 is 41.7 Å². The predicted molar refractivity (Wildman–Crippen MR) is 82.3 cm³/mol. The van der Waals surface area contributed by atoms with Gasteiger partial charge in [0.1, 0.15) is 0 Å². The molecular formula is C14H22NNaO5. The van der Waals surface area contributed by atoms with Crippen molar-refractivity contribution >= 4 is 41.7 Å². The summed E-state index contributed by atoms with van der Waals surface area (Å²) in [6, 6.07) is 8.83. The van der Waals surface area contributed by atoms with Gasteiger partial charge in [-0.1, -0.05) is 37.5 Å². The van der Waals surface area contributed by atoms with E-state index in [1.165, 1.54) is 32.1 Å². The van der Waals surface area contributed by atoms with Gasteiger partial charge in [0, 0.05) is 6.04 Å². The molecule has 0 spiro atoms. The van der Waals surface area contributed by atoms with Gasteiger partial charge in [0.2, 0.25) is 0 Å². The molecule has 6 nitrogen and oxygen atoms in total. The predicted octanol–water partition coefficient (Wildman–Crippen LogP) is 2.24. The van der Waals surface area contributed by atoms with E-state index in [1.54, 1.807) is 30.3 Å². The SMILES string of the molecule is NC1CCCCC1.O=C(O)O.O=C(O)c1ccccc1.[NaH]. The minimum atomic E-state index is -1.83. The van der Waals surface area contributed by atoms with Crippen LogP contribution >= 0.6 is 0 Å². The Hall–Kier alpha value is -1.08. The van der Waals surface area contributed by atoms with Crippen LogP contribution in [-0.2, 0) is 0 Å².